The Morgan fingerprint density at radius 2 is 1.13 bits per heavy atom. The highest BCUT2D eigenvalue weighted by Crippen LogP contribution is 2.45. The van der Waals surface area contributed by atoms with Crippen LogP contribution in [0.2, 0.25) is 0 Å². The van der Waals surface area contributed by atoms with Gasteiger partial charge in [0.25, 0.3) is 0 Å². The van der Waals surface area contributed by atoms with E-state index in [4.69, 9.17) is 9.47 Å². The van der Waals surface area contributed by atoms with E-state index >= 15 is 0 Å². The number of benzene rings is 3. The summed E-state index contributed by atoms with van der Waals surface area (Å²) in [6, 6.07) is 20.2. The van der Waals surface area contributed by atoms with E-state index in [0.29, 0.717) is 23.0 Å². The summed E-state index contributed by atoms with van der Waals surface area (Å²) >= 11 is 0. The maximum Gasteiger partial charge on any atom is 0.206 e. The Balaban J connectivity index is 1.77. The number of sulfone groups is 1. The summed E-state index contributed by atoms with van der Waals surface area (Å²) in [5.74, 6) is 2.06. The molecule has 23 heavy (non-hydrogen) atoms. The van der Waals surface area contributed by atoms with Gasteiger partial charge in [-0.1, -0.05) is 30.3 Å². The zero-order valence-electron chi connectivity index (χ0n) is 12.0. The standard InChI is InChI=1S/C18H12O4S/c19-23(20,13-6-2-1-3-7-13)14-10-11-17-18(12-14)22-16-9-5-4-8-15(16)21-17/h1-12H. The van der Waals surface area contributed by atoms with E-state index in [9.17, 15) is 8.42 Å². The largest absolute Gasteiger partial charge is 0.450 e. The van der Waals surface area contributed by atoms with Crippen LogP contribution in [0.15, 0.2) is 82.6 Å². The zero-order chi connectivity index (χ0) is 15.9. The minimum atomic E-state index is -3.59. The van der Waals surface area contributed by atoms with E-state index < -0.39 is 9.84 Å². The summed E-state index contributed by atoms with van der Waals surface area (Å²) in [6.45, 7) is 0. The molecule has 0 saturated carbocycles. The number of fused-ring (bicyclic) bond motifs is 2. The van der Waals surface area contributed by atoms with Crippen LogP contribution in [0.5, 0.6) is 23.0 Å². The lowest BCUT2D eigenvalue weighted by Crippen LogP contribution is -2.04. The van der Waals surface area contributed by atoms with Gasteiger partial charge in [-0.25, -0.2) is 8.42 Å². The molecule has 4 nitrogen and oxygen atoms in total. The summed E-state index contributed by atoms with van der Waals surface area (Å²) in [4.78, 5) is 0.419. The SMILES string of the molecule is O=S(=O)(c1ccccc1)c1ccc2c(c1)Oc1ccccc1O2. The van der Waals surface area contributed by atoms with E-state index in [1.165, 1.54) is 12.1 Å². The maximum atomic E-state index is 12.7. The lowest BCUT2D eigenvalue weighted by Gasteiger charge is -2.20. The quantitative estimate of drug-likeness (QED) is 0.548. The van der Waals surface area contributed by atoms with Crippen LogP contribution >= 0.6 is 0 Å². The van der Waals surface area contributed by atoms with Crippen molar-refractivity contribution in [3.05, 3.63) is 72.8 Å². The van der Waals surface area contributed by atoms with Gasteiger partial charge in [-0.3, -0.25) is 0 Å². The number of hydrogen-bond acceptors (Lipinski definition) is 4. The normalized spacial score (nSPS) is 12.5. The lowest BCUT2D eigenvalue weighted by molar-refractivity contribution is 0.358. The second-order valence-corrected chi connectivity index (χ2v) is 7.03. The third kappa shape index (κ3) is 2.35. The summed E-state index contributed by atoms with van der Waals surface area (Å²) < 4.78 is 36.8. The minimum Gasteiger partial charge on any atom is -0.450 e. The van der Waals surface area contributed by atoms with Crippen molar-refractivity contribution in [2.24, 2.45) is 0 Å². The van der Waals surface area contributed by atoms with Crippen LogP contribution in [0.3, 0.4) is 0 Å². The van der Waals surface area contributed by atoms with Crippen LogP contribution in [0.25, 0.3) is 0 Å². The molecule has 1 aliphatic rings. The number of rotatable bonds is 2. The van der Waals surface area contributed by atoms with Gasteiger partial charge in [0.2, 0.25) is 9.84 Å². The smallest absolute Gasteiger partial charge is 0.206 e. The molecule has 0 amide bonds. The molecular formula is C18H12O4S. The Hall–Kier alpha value is -2.79. The fourth-order valence-electron chi connectivity index (χ4n) is 2.41. The molecule has 3 aromatic rings. The lowest BCUT2D eigenvalue weighted by atomic mass is 10.2. The number of para-hydroxylation sites is 2. The molecule has 0 atom stereocenters. The molecule has 0 spiro atoms. The first kappa shape index (κ1) is 13.8. The fourth-order valence-corrected chi connectivity index (χ4v) is 3.71. The highest BCUT2D eigenvalue weighted by Gasteiger charge is 2.23. The molecule has 0 unspecified atom stereocenters. The van der Waals surface area contributed by atoms with Gasteiger partial charge in [-0.05, 0) is 36.4 Å². The van der Waals surface area contributed by atoms with Crippen molar-refractivity contribution in [2.75, 3.05) is 0 Å². The van der Waals surface area contributed by atoms with Gasteiger partial charge in [-0.2, -0.15) is 0 Å². The van der Waals surface area contributed by atoms with Crippen molar-refractivity contribution in [1.29, 1.82) is 0 Å². The van der Waals surface area contributed by atoms with E-state index in [1.54, 1.807) is 48.5 Å². The average Bonchev–Trinajstić information content (AvgIpc) is 2.60. The average molecular weight is 324 g/mol. The fraction of sp³-hybridized carbons (Fsp3) is 0. The molecule has 1 aliphatic heterocycles. The highest BCUT2D eigenvalue weighted by molar-refractivity contribution is 7.91. The molecule has 0 aliphatic carbocycles. The Labute approximate surface area is 133 Å². The monoisotopic (exact) mass is 324 g/mol. The molecule has 1 heterocycles. The molecule has 114 valence electrons. The van der Waals surface area contributed by atoms with Gasteiger partial charge < -0.3 is 9.47 Å². The second-order valence-electron chi connectivity index (χ2n) is 5.08. The van der Waals surface area contributed by atoms with Crippen molar-refractivity contribution in [3.8, 4) is 23.0 Å². The number of hydrogen-bond donors (Lipinski definition) is 0. The van der Waals surface area contributed by atoms with Gasteiger partial charge in [0.1, 0.15) is 0 Å². The first-order chi connectivity index (χ1) is 11.1. The summed E-state index contributed by atoms with van der Waals surface area (Å²) in [5, 5.41) is 0. The molecule has 5 heteroatoms. The van der Waals surface area contributed by atoms with Gasteiger partial charge in [0.05, 0.1) is 9.79 Å². The van der Waals surface area contributed by atoms with E-state index in [0.717, 1.165) is 0 Å². The number of ether oxygens (including phenoxy) is 2. The van der Waals surface area contributed by atoms with Gasteiger partial charge in [0, 0.05) is 6.07 Å². The minimum absolute atomic E-state index is 0.172. The Bertz CT molecular complexity index is 979. The molecule has 0 radical (unpaired) electrons. The van der Waals surface area contributed by atoms with Gasteiger partial charge >= 0.3 is 0 Å². The molecule has 0 saturated heterocycles. The highest BCUT2D eigenvalue weighted by atomic mass is 32.2. The van der Waals surface area contributed by atoms with Crippen molar-refractivity contribution in [3.63, 3.8) is 0 Å². The van der Waals surface area contributed by atoms with Crippen molar-refractivity contribution < 1.29 is 17.9 Å². The van der Waals surface area contributed by atoms with Crippen LogP contribution in [0.4, 0.5) is 0 Å². The van der Waals surface area contributed by atoms with Crippen LogP contribution < -0.4 is 9.47 Å². The summed E-state index contributed by atoms with van der Waals surface area (Å²) in [5.41, 5.74) is 0. The second kappa shape index (κ2) is 5.14. The van der Waals surface area contributed by atoms with E-state index in [2.05, 4.69) is 0 Å². The van der Waals surface area contributed by atoms with Gasteiger partial charge in [-0.15, -0.1) is 0 Å². The molecule has 4 rings (SSSR count). The Kier molecular flexibility index (Phi) is 3.09. The third-order valence-electron chi connectivity index (χ3n) is 3.57. The molecule has 0 bridgehead atoms. The Morgan fingerprint density at radius 1 is 0.565 bits per heavy atom. The molecule has 0 N–H and O–H groups in total. The third-order valence-corrected chi connectivity index (χ3v) is 5.34. The Morgan fingerprint density at radius 3 is 1.83 bits per heavy atom. The van der Waals surface area contributed by atoms with E-state index in [-0.39, 0.29) is 9.79 Å². The van der Waals surface area contributed by atoms with Crippen LogP contribution in [-0.4, -0.2) is 8.42 Å². The maximum absolute atomic E-state index is 12.7. The topological polar surface area (TPSA) is 52.6 Å². The predicted molar refractivity (Wildman–Crippen MR) is 84.9 cm³/mol. The molecule has 0 fully saturated rings. The zero-order valence-corrected chi connectivity index (χ0v) is 12.8. The molecule has 0 aromatic heterocycles. The van der Waals surface area contributed by atoms with Crippen LogP contribution in [0.1, 0.15) is 0 Å². The van der Waals surface area contributed by atoms with Gasteiger partial charge in [0.15, 0.2) is 23.0 Å². The molecular weight excluding hydrogens is 312 g/mol. The summed E-state index contributed by atoms with van der Waals surface area (Å²) in [7, 11) is -3.59. The first-order valence-electron chi connectivity index (χ1n) is 7.03. The van der Waals surface area contributed by atoms with Crippen molar-refractivity contribution in [2.45, 2.75) is 9.79 Å². The molecule has 3 aromatic carbocycles. The van der Waals surface area contributed by atoms with Crippen molar-refractivity contribution >= 4 is 9.84 Å². The summed E-state index contributed by atoms with van der Waals surface area (Å²) in [6.07, 6.45) is 0. The predicted octanol–water partition coefficient (Wildman–Crippen LogP) is 4.42. The van der Waals surface area contributed by atoms with Crippen molar-refractivity contribution in [1.82, 2.24) is 0 Å². The van der Waals surface area contributed by atoms with Crippen LogP contribution in [-0.2, 0) is 9.84 Å². The van der Waals surface area contributed by atoms with E-state index in [1.807, 2.05) is 12.1 Å². The first-order valence-corrected chi connectivity index (χ1v) is 8.52. The van der Waals surface area contributed by atoms with Crippen LogP contribution in [0, 0.1) is 0 Å².